The molecule has 0 N–H and O–H groups in total. The minimum atomic E-state index is -4.48. The van der Waals surface area contributed by atoms with Crippen molar-refractivity contribution in [1.29, 1.82) is 5.26 Å². The summed E-state index contributed by atoms with van der Waals surface area (Å²) in [5.74, 6) is 0.115. The van der Waals surface area contributed by atoms with E-state index in [1.165, 1.54) is 12.0 Å². The molecule has 0 saturated heterocycles. The number of halogens is 3. The van der Waals surface area contributed by atoms with E-state index in [0.29, 0.717) is 41.1 Å². The number of carbonyl (C=O) groups excluding carboxylic acids is 1. The third kappa shape index (κ3) is 2.26. The highest BCUT2D eigenvalue weighted by atomic mass is 19.4. The van der Waals surface area contributed by atoms with E-state index in [9.17, 15) is 23.2 Å². The molecule has 0 radical (unpaired) electrons. The number of ether oxygens (including phenoxy) is 1. The molecule has 1 amide bonds. The maximum atomic E-state index is 13.3. The van der Waals surface area contributed by atoms with Crippen LogP contribution in [-0.4, -0.2) is 28.7 Å². The molecule has 148 valence electrons. The first-order valence-electron chi connectivity index (χ1n) is 8.96. The zero-order valence-corrected chi connectivity index (χ0v) is 15.7. The van der Waals surface area contributed by atoms with Gasteiger partial charge in [0.1, 0.15) is 16.9 Å². The molecule has 1 fully saturated rings. The predicted octanol–water partition coefficient (Wildman–Crippen LogP) is 4.08. The van der Waals surface area contributed by atoms with E-state index in [-0.39, 0.29) is 0 Å². The number of alkyl halides is 3. The number of rotatable bonds is 3. The van der Waals surface area contributed by atoms with Gasteiger partial charge in [-0.05, 0) is 25.3 Å². The Bertz CT molecular complexity index is 1030. The van der Waals surface area contributed by atoms with Gasteiger partial charge in [0.2, 0.25) is 11.9 Å². The molecule has 0 atom stereocenters. The highest BCUT2D eigenvalue weighted by molar-refractivity contribution is 6.00. The van der Waals surface area contributed by atoms with E-state index in [4.69, 9.17) is 4.74 Å². The maximum Gasteiger partial charge on any atom is 0.394 e. The number of imidazole rings is 1. The second kappa shape index (κ2) is 5.63. The van der Waals surface area contributed by atoms with Crippen molar-refractivity contribution in [3.05, 3.63) is 17.7 Å². The van der Waals surface area contributed by atoms with Crippen LogP contribution in [0.15, 0.2) is 12.1 Å². The lowest BCUT2D eigenvalue weighted by molar-refractivity contribution is -0.214. The van der Waals surface area contributed by atoms with Crippen LogP contribution in [0.1, 0.15) is 45.1 Å². The van der Waals surface area contributed by atoms with E-state index in [0.717, 1.165) is 20.3 Å². The second-order valence-electron chi connectivity index (χ2n) is 8.03. The normalized spacial score (nSPS) is 17.7. The average Bonchev–Trinajstić information content (AvgIpc) is 2.85. The number of benzene rings is 1. The van der Waals surface area contributed by atoms with Crippen LogP contribution in [-0.2, 0) is 10.5 Å². The van der Waals surface area contributed by atoms with Crippen LogP contribution in [0.25, 0.3) is 11.0 Å². The van der Waals surface area contributed by atoms with Crippen LogP contribution in [0.3, 0.4) is 0 Å². The number of carbonyl (C=O) groups is 1. The Labute approximate surface area is 159 Å². The fourth-order valence-corrected chi connectivity index (χ4v) is 4.00. The molecule has 1 aromatic heterocycles. The molecule has 1 saturated carbocycles. The topological polar surface area (TPSA) is 71.2 Å². The third-order valence-electron chi connectivity index (χ3n) is 5.85. The molecule has 0 bridgehead atoms. The molecular formula is C19H19F3N4O2. The number of nitrogens with zero attached hydrogens (tertiary/aromatic N) is 4. The molecule has 6 nitrogen and oxygen atoms in total. The minimum Gasteiger partial charge on any atom is -0.494 e. The molecular weight excluding hydrogens is 373 g/mol. The van der Waals surface area contributed by atoms with Crippen LogP contribution in [0.4, 0.5) is 19.1 Å². The number of nitriles is 1. The Kier molecular flexibility index (Phi) is 3.74. The van der Waals surface area contributed by atoms with E-state index >= 15 is 0 Å². The van der Waals surface area contributed by atoms with Gasteiger partial charge < -0.3 is 4.74 Å². The highest BCUT2D eigenvalue weighted by Crippen LogP contribution is 2.56. The number of fused-ring (bicyclic) bond motifs is 4. The van der Waals surface area contributed by atoms with Crippen LogP contribution in [0, 0.1) is 16.7 Å². The monoisotopic (exact) mass is 392 g/mol. The summed E-state index contributed by atoms with van der Waals surface area (Å²) in [6, 6.07) is 5.31. The fourth-order valence-electron chi connectivity index (χ4n) is 4.00. The molecule has 0 unspecified atom stereocenters. The Balaban J connectivity index is 1.80. The van der Waals surface area contributed by atoms with Crippen molar-refractivity contribution in [1.82, 2.24) is 9.55 Å². The molecule has 1 aliphatic carbocycles. The van der Waals surface area contributed by atoms with Gasteiger partial charge in [-0.15, -0.1) is 0 Å². The zero-order valence-electron chi connectivity index (χ0n) is 15.7. The summed E-state index contributed by atoms with van der Waals surface area (Å²) in [5.41, 5.74) is -1.28. The van der Waals surface area contributed by atoms with Gasteiger partial charge in [-0.2, -0.15) is 18.4 Å². The van der Waals surface area contributed by atoms with Gasteiger partial charge in [-0.1, -0.05) is 13.8 Å². The van der Waals surface area contributed by atoms with Gasteiger partial charge >= 0.3 is 6.18 Å². The third-order valence-corrected chi connectivity index (χ3v) is 5.85. The van der Waals surface area contributed by atoms with Crippen LogP contribution < -0.4 is 9.64 Å². The van der Waals surface area contributed by atoms with Crippen molar-refractivity contribution in [2.45, 2.75) is 51.4 Å². The van der Waals surface area contributed by atoms with Gasteiger partial charge in [0, 0.05) is 12.5 Å². The zero-order chi connectivity index (χ0) is 20.5. The van der Waals surface area contributed by atoms with Gasteiger partial charge in [-0.25, -0.2) is 4.98 Å². The van der Waals surface area contributed by atoms with E-state index in [2.05, 4.69) is 11.1 Å². The summed E-state index contributed by atoms with van der Waals surface area (Å²) in [5, 5.41) is 9.27. The number of aromatic nitrogens is 2. The second-order valence-corrected chi connectivity index (χ2v) is 8.03. The largest absolute Gasteiger partial charge is 0.494 e. The summed E-state index contributed by atoms with van der Waals surface area (Å²) in [7, 11) is 1.46. The smallest absolute Gasteiger partial charge is 0.394 e. The van der Waals surface area contributed by atoms with Crippen molar-refractivity contribution in [3.63, 3.8) is 0 Å². The summed E-state index contributed by atoms with van der Waals surface area (Å²) < 4.78 is 47.0. The Morgan fingerprint density at radius 2 is 2.04 bits per heavy atom. The average molecular weight is 392 g/mol. The van der Waals surface area contributed by atoms with Crippen molar-refractivity contribution in [3.8, 4) is 11.8 Å². The lowest BCUT2D eigenvalue weighted by Gasteiger charge is -2.58. The predicted molar refractivity (Wildman–Crippen MR) is 94.8 cm³/mol. The van der Waals surface area contributed by atoms with Crippen molar-refractivity contribution in [2.75, 3.05) is 12.0 Å². The van der Waals surface area contributed by atoms with Crippen molar-refractivity contribution >= 4 is 22.9 Å². The number of amides is 1. The molecule has 1 aromatic carbocycles. The van der Waals surface area contributed by atoms with Crippen molar-refractivity contribution < 1.29 is 22.7 Å². The SMILES string of the molecule is COc1cc(C#N)cc2c1nc1n2C2(CCC2)N1C(=O)CC(C)(C)C(F)(F)F. The molecule has 1 spiro atoms. The van der Waals surface area contributed by atoms with Crippen LogP contribution in [0.2, 0.25) is 0 Å². The first-order valence-corrected chi connectivity index (χ1v) is 8.96. The molecule has 2 aromatic rings. The molecule has 2 aliphatic rings. The first kappa shape index (κ1) is 18.6. The van der Waals surface area contributed by atoms with Gasteiger partial charge in [0.05, 0.1) is 29.7 Å². The fraction of sp³-hybridized carbons (Fsp3) is 0.526. The Morgan fingerprint density at radius 1 is 1.36 bits per heavy atom. The summed E-state index contributed by atoms with van der Waals surface area (Å²) >= 11 is 0. The minimum absolute atomic E-state index is 0.311. The summed E-state index contributed by atoms with van der Waals surface area (Å²) in [6.07, 6.45) is -2.99. The standard InChI is InChI=1S/C19H19F3N4O2/c1-17(2,19(20,21)22)9-14(27)26-16-24-15-12(25(16)18(26)5-4-6-18)7-11(10-23)8-13(15)28-3/h7-8H,4-6,9H2,1-3H3. The summed E-state index contributed by atoms with van der Waals surface area (Å²) in [4.78, 5) is 18.8. The van der Waals surface area contributed by atoms with Gasteiger partial charge in [0.15, 0.2) is 0 Å². The quantitative estimate of drug-likeness (QED) is 0.789. The first-order chi connectivity index (χ1) is 13.1. The van der Waals surface area contributed by atoms with E-state index in [1.807, 2.05) is 4.57 Å². The number of hydrogen-bond acceptors (Lipinski definition) is 4. The van der Waals surface area contributed by atoms with Gasteiger partial charge in [-0.3, -0.25) is 14.3 Å². The maximum absolute atomic E-state index is 13.3. The van der Waals surface area contributed by atoms with E-state index in [1.54, 1.807) is 12.1 Å². The van der Waals surface area contributed by atoms with Gasteiger partial charge in [0.25, 0.3) is 0 Å². The molecule has 1 aliphatic heterocycles. The Morgan fingerprint density at radius 3 is 2.54 bits per heavy atom. The summed E-state index contributed by atoms with van der Waals surface area (Å²) in [6.45, 7) is 2.06. The highest BCUT2D eigenvalue weighted by Gasteiger charge is 2.60. The molecule has 9 heteroatoms. The van der Waals surface area contributed by atoms with Crippen LogP contribution in [0.5, 0.6) is 5.75 Å². The molecule has 2 heterocycles. The van der Waals surface area contributed by atoms with E-state index < -0.39 is 29.6 Å². The van der Waals surface area contributed by atoms with Crippen molar-refractivity contribution in [2.24, 2.45) is 5.41 Å². The number of methoxy groups -OCH3 is 1. The Hall–Kier alpha value is -2.76. The molecule has 28 heavy (non-hydrogen) atoms. The lowest BCUT2D eigenvalue weighted by atomic mass is 9.78. The molecule has 4 rings (SSSR count). The van der Waals surface area contributed by atoms with Crippen LogP contribution >= 0.6 is 0 Å². The number of hydrogen-bond donors (Lipinski definition) is 0. The number of anilines is 1. The lowest BCUT2D eigenvalue weighted by Crippen LogP contribution is -2.66.